The normalized spacial score (nSPS) is 19.3. The number of alkyl halides is 2. The molecular weight excluding hydrogens is 698 g/mol. The molecule has 0 unspecified atom stereocenters. The molecule has 0 spiro atoms. The van der Waals surface area contributed by atoms with Crippen LogP contribution in [0, 0.1) is 22.7 Å². The maximum Gasteiger partial charge on any atom is 0.315 e. The van der Waals surface area contributed by atoms with E-state index in [9.17, 15) is 41.5 Å². The van der Waals surface area contributed by atoms with Gasteiger partial charge in [0.15, 0.2) is 0 Å². The molecule has 13 nitrogen and oxygen atoms in total. The number of halogens is 2. The molecule has 1 heterocycles. The second-order valence-corrected chi connectivity index (χ2v) is 18.4. The Morgan fingerprint density at radius 3 is 2.04 bits per heavy atom. The largest absolute Gasteiger partial charge is 0.394 e. The Morgan fingerprint density at radius 1 is 0.962 bits per heavy atom. The fraction of sp³-hybridized carbons (Fsp3) is 0.722. The molecule has 0 radical (unpaired) electrons. The molecule has 1 aromatic rings. The van der Waals surface area contributed by atoms with Crippen LogP contribution in [0.15, 0.2) is 30.3 Å². The molecule has 0 aromatic heterocycles. The van der Waals surface area contributed by atoms with Crippen molar-refractivity contribution >= 4 is 33.8 Å². The monoisotopic (exact) mass is 758 g/mol. The van der Waals surface area contributed by atoms with Gasteiger partial charge >= 0.3 is 6.03 Å². The predicted molar refractivity (Wildman–Crippen MR) is 196 cm³/mol. The van der Waals surface area contributed by atoms with Gasteiger partial charge in [-0.1, -0.05) is 85.7 Å². The lowest BCUT2D eigenvalue weighted by molar-refractivity contribution is -0.144. The summed E-state index contributed by atoms with van der Waals surface area (Å²) in [5.74, 6) is -2.72. The third kappa shape index (κ3) is 13.2. The van der Waals surface area contributed by atoms with E-state index in [1.165, 1.54) is 11.9 Å². The van der Waals surface area contributed by atoms with E-state index in [-0.39, 0.29) is 31.3 Å². The second kappa shape index (κ2) is 18.6. The predicted octanol–water partition coefficient (Wildman–Crippen LogP) is 2.74. The zero-order valence-corrected chi connectivity index (χ0v) is 33.0. The number of aliphatic hydroxyl groups is 1. The Hall–Kier alpha value is -3.37. The number of hydrogen-bond acceptors (Lipinski definition) is 7. The Balaban J connectivity index is 2.35. The number of aliphatic hydroxyl groups excluding tert-OH is 1. The number of carbonyl (C=O) groups is 4. The van der Waals surface area contributed by atoms with E-state index in [2.05, 4.69) is 21.3 Å². The van der Waals surface area contributed by atoms with Crippen molar-refractivity contribution in [3.8, 4) is 0 Å². The molecule has 1 aromatic carbocycles. The summed E-state index contributed by atoms with van der Waals surface area (Å²) in [5.41, 5.74) is -0.621. The lowest BCUT2D eigenvalue weighted by atomic mass is 9.84. The quantitative estimate of drug-likeness (QED) is 0.172. The van der Waals surface area contributed by atoms with Crippen LogP contribution in [0.4, 0.5) is 13.6 Å². The number of amides is 5. The summed E-state index contributed by atoms with van der Waals surface area (Å²) >= 11 is 0. The molecule has 2 rings (SSSR count). The highest BCUT2D eigenvalue weighted by Crippen LogP contribution is 2.33. The van der Waals surface area contributed by atoms with Crippen molar-refractivity contribution in [1.29, 1.82) is 0 Å². The van der Waals surface area contributed by atoms with E-state index in [0.717, 1.165) is 16.1 Å². The summed E-state index contributed by atoms with van der Waals surface area (Å²) < 4.78 is 52.9. The summed E-state index contributed by atoms with van der Waals surface area (Å²) in [7, 11) is -2.14. The topological polar surface area (TPSA) is 177 Å². The standard InChI is InChI=1S/C36H60F2N6O7S/c1-22(2)25-16-17-44(33(48)30(36(6,7)8)42-34(49)41-27(35(3,4)5)20-43(9)52(10,50)51)29(25)32(47)40-26(19-28(37)38)31(46)39-24(21-45)18-23-14-12-11-13-15-23/h11-15,22,24-30,45H,16-21H2,1-10H3,(H,39,46)(H,40,47)(H2,41,42,49)/t24-,25+,26-,27+,29-,30+/m0/s1. The van der Waals surface area contributed by atoms with Gasteiger partial charge < -0.3 is 31.3 Å². The van der Waals surface area contributed by atoms with Gasteiger partial charge in [-0.25, -0.2) is 26.3 Å². The Morgan fingerprint density at radius 2 is 1.56 bits per heavy atom. The molecule has 296 valence electrons. The van der Waals surface area contributed by atoms with E-state index in [1.807, 2.05) is 40.7 Å². The van der Waals surface area contributed by atoms with Crippen LogP contribution in [0.1, 0.15) is 73.8 Å². The van der Waals surface area contributed by atoms with Crippen LogP contribution in [0.2, 0.25) is 0 Å². The fourth-order valence-electron chi connectivity index (χ4n) is 6.20. The summed E-state index contributed by atoms with van der Waals surface area (Å²) in [6, 6.07) is 2.92. The number of nitrogens with zero attached hydrogens (tertiary/aromatic N) is 2. The molecule has 5 amide bonds. The van der Waals surface area contributed by atoms with E-state index in [0.29, 0.717) is 6.42 Å². The third-order valence-electron chi connectivity index (χ3n) is 9.54. The number of urea groups is 1. The van der Waals surface area contributed by atoms with E-state index in [4.69, 9.17) is 0 Å². The van der Waals surface area contributed by atoms with Crippen LogP contribution in [0.5, 0.6) is 0 Å². The molecule has 5 N–H and O–H groups in total. The van der Waals surface area contributed by atoms with Gasteiger partial charge in [0.1, 0.15) is 18.1 Å². The Labute approximate surface area is 308 Å². The minimum Gasteiger partial charge on any atom is -0.394 e. The minimum atomic E-state index is -3.55. The maximum absolute atomic E-state index is 14.3. The molecule has 1 saturated heterocycles. The zero-order valence-electron chi connectivity index (χ0n) is 32.2. The molecule has 1 aliphatic rings. The van der Waals surface area contributed by atoms with Gasteiger partial charge in [0, 0.05) is 32.6 Å². The molecule has 0 saturated carbocycles. The number of nitrogens with one attached hydrogen (secondary N) is 4. The van der Waals surface area contributed by atoms with Crippen LogP contribution in [0.3, 0.4) is 0 Å². The van der Waals surface area contributed by atoms with Gasteiger partial charge in [-0.3, -0.25) is 14.4 Å². The number of likely N-dealkylation sites (tertiary alicyclic amines) is 1. The fourth-order valence-corrected chi connectivity index (χ4v) is 6.62. The number of rotatable bonds is 16. The van der Waals surface area contributed by atoms with Crippen molar-refractivity contribution in [2.24, 2.45) is 22.7 Å². The molecule has 6 atom stereocenters. The van der Waals surface area contributed by atoms with E-state index < -0.39 is 94.3 Å². The SMILES string of the molecule is CC(C)[C@H]1CCN(C(=O)[C@@H](NC(=O)N[C@H](CN(C)S(C)(=O)=O)C(C)(C)C)C(C)(C)C)[C@@H]1C(=O)N[C@@H](CC(F)F)C(=O)N[C@H](CO)Cc1ccccc1. The Bertz CT molecular complexity index is 1470. The Kier molecular flexibility index (Phi) is 16.0. The number of benzene rings is 1. The summed E-state index contributed by atoms with van der Waals surface area (Å²) in [4.78, 5) is 56.5. The molecule has 1 fully saturated rings. The summed E-state index contributed by atoms with van der Waals surface area (Å²) in [5, 5.41) is 20.6. The van der Waals surface area contributed by atoms with Gasteiger partial charge in [0.25, 0.3) is 0 Å². The van der Waals surface area contributed by atoms with Gasteiger partial charge in [-0.15, -0.1) is 0 Å². The minimum absolute atomic E-state index is 0.0208. The first kappa shape index (κ1) is 44.8. The highest BCUT2D eigenvalue weighted by atomic mass is 32.2. The average molecular weight is 759 g/mol. The van der Waals surface area contributed by atoms with E-state index >= 15 is 0 Å². The van der Waals surface area contributed by atoms with Gasteiger partial charge in [-0.05, 0) is 41.1 Å². The molecule has 1 aliphatic heterocycles. The molecule has 0 aliphatic carbocycles. The first-order chi connectivity index (χ1) is 23.9. The van der Waals surface area contributed by atoms with Crippen molar-refractivity contribution in [1.82, 2.24) is 30.5 Å². The number of hydrogen-bond donors (Lipinski definition) is 5. The zero-order chi connectivity index (χ0) is 39.8. The highest BCUT2D eigenvalue weighted by molar-refractivity contribution is 7.88. The van der Waals surface area contributed by atoms with Gasteiger partial charge in [0.2, 0.25) is 34.2 Å². The van der Waals surface area contributed by atoms with Crippen LogP contribution in [-0.4, -0.2) is 116 Å². The van der Waals surface area contributed by atoms with Crippen molar-refractivity contribution in [3.05, 3.63) is 35.9 Å². The second-order valence-electron chi connectivity index (χ2n) is 16.3. The smallest absolute Gasteiger partial charge is 0.315 e. The maximum atomic E-state index is 14.3. The number of sulfonamides is 1. The average Bonchev–Trinajstić information content (AvgIpc) is 3.47. The van der Waals surface area contributed by atoms with Crippen LogP contribution in [0.25, 0.3) is 0 Å². The molecule has 16 heteroatoms. The van der Waals surface area contributed by atoms with Gasteiger partial charge in [0.05, 0.1) is 18.9 Å². The lowest BCUT2D eigenvalue weighted by Crippen LogP contribution is -2.62. The number of likely N-dealkylation sites (N-methyl/N-ethyl adjacent to an activating group) is 1. The lowest BCUT2D eigenvalue weighted by Gasteiger charge is -2.38. The van der Waals surface area contributed by atoms with Crippen molar-refractivity contribution in [2.75, 3.05) is 33.0 Å². The van der Waals surface area contributed by atoms with Crippen LogP contribution < -0.4 is 21.3 Å². The van der Waals surface area contributed by atoms with E-state index in [1.54, 1.807) is 45.0 Å². The summed E-state index contributed by atoms with van der Waals surface area (Å²) in [6.45, 7) is 14.2. The van der Waals surface area contributed by atoms with Crippen LogP contribution >= 0.6 is 0 Å². The highest BCUT2D eigenvalue weighted by Gasteiger charge is 2.48. The number of carbonyl (C=O) groups excluding carboxylic acids is 4. The first-order valence-electron chi connectivity index (χ1n) is 17.7. The summed E-state index contributed by atoms with van der Waals surface area (Å²) in [6.07, 6.45) is -2.21. The molecular formula is C36H60F2N6O7S. The molecule has 0 bridgehead atoms. The molecule has 52 heavy (non-hydrogen) atoms. The first-order valence-corrected chi connectivity index (χ1v) is 19.5. The van der Waals surface area contributed by atoms with Crippen molar-refractivity contribution < 1.29 is 41.5 Å². The van der Waals surface area contributed by atoms with Gasteiger partial charge in [-0.2, -0.15) is 0 Å². The van der Waals surface area contributed by atoms with Crippen molar-refractivity contribution in [3.63, 3.8) is 0 Å². The van der Waals surface area contributed by atoms with Crippen LogP contribution in [-0.2, 0) is 30.8 Å². The van der Waals surface area contributed by atoms with Crippen molar-refractivity contribution in [2.45, 2.75) is 111 Å². The third-order valence-corrected chi connectivity index (χ3v) is 10.8.